The Bertz CT molecular complexity index is 1550. The van der Waals surface area contributed by atoms with Crippen molar-refractivity contribution < 1.29 is 9.47 Å². The van der Waals surface area contributed by atoms with Gasteiger partial charge in [0.05, 0.1) is 25.4 Å². The van der Waals surface area contributed by atoms with E-state index < -0.39 is 0 Å². The summed E-state index contributed by atoms with van der Waals surface area (Å²) in [5.74, 6) is 2.48. The van der Waals surface area contributed by atoms with E-state index in [0.29, 0.717) is 24.6 Å². The first-order chi connectivity index (χ1) is 18.2. The number of nitrogens with zero attached hydrogens (tertiary/aromatic N) is 6. The molecule has 0 spiro atoms. The number of H-pyrrole nitrogens is 1. The fraction of sp³-hybridized carbons (Fsp3) is 0.321. The normalized spacial score (nSPS) is 19.4. The van der Waals surface area contributed by atoms with Gasteiger partial charge in [-0.25, -0.2) is 14.5 Å². The number of rotatable bonds is 7. The quantitative estimate of drug-likeness (QED) is 0.363. The number of aromatic amines is 1. The molecule has 0 aliphatic carbocycles. The van der Waals surface area contributed by atoms with E-state index in [1.807, 2.05) is 42.3 Å². The molecule has 2 bridgehead atoms. The Morgan fingerprint density at radius 3 is 2.68 bits per heavy atom. The number of nitrogens with one attached hydrogen (secondary N) is 1. The Balaban J connectivity index is 1.11. The first kappa shape index (κ1) is 22.1. The predicted octanol–water partition coefficient (Wildman–Crippen LogP) is 4.14. The Labute approximate surface area is 214 Å². The molecular formula is C28H29N7O2. The van der Waals surface area contributed by atoms with Gasteiger partial charge >= 0.3 is 0 Å². The summed E-state index contributed by atoms with van der Waals surface area (Å²) in [5, 5.41) is 5.78. The number of hydrogen-bond acceptors (Lipinski definition) is 7. The first-order valence-electron chi connectivity index (χ1n) is 12.8. The molecule has 9 heteroatoms. The van der Waals surface area contributed by atoms with Crippen LogP contribution in [0.2, 0.25) is 0 Å². The van der Waals surface area contributed by atoms with Crippen LogP contribution in [0.5, 0.6) is 11.6 Å². The lowest BCUT2D eigenvalue weighted by atomic mass is 9.87. The summed E-state index contributed by atoms with van der Waals surface area (Å²) in [5.41, 5.74) is 5.25. The Morgan fingerprint density at radius 2 is 1.95 bits per heavy atom. The van der Waals surface area contributed by atoms with Crippen molar-refractivity contribution in [1.29, 1.82) is 0 Å². The summed E-state index contributed by atoms with van der Waals surface area (Å²) < 4.78 is 12.9. The lowest BCUT2D eigenvalue weighted by molar-refractivity contribution is -0.00876. The van der Waals surface area contributed by atoms with E-state index in [0.717, 1.165) is 58.9 Å². The van der Waals surface area contributed by atoms with E-state index >= 15 is 0 Å². The molecule has 0 amide bonds. The number of piperazine rings is 1. The van der Waals surface area contributed by atoms with Crippen molar-refractivity contribution in [2.45, 2.75) is 32.0 Å². The minimum absolute atomic E-state index is 0.540. The molecule has 0 aromatic carbocycles. The van der Waals surface area contributed by atoms with Gasteiger partial charge in [0.15, 0.2) is 5.65 Å². The van der Waals surface area contributed by atoms with E-state index in [-0.39, 0.29) is 0 Å². The molecule has 3 fully saturated rings. The van der Waals surface area contributed by atoms with Gasteiger partial charge < -0.3 is 19.4 Å². The van der Waals surface area contributed by atoms with Crippen molar-refractivity contribution in [3.05, 3.63) is 66.7 Å². The zero-order valence-corrected chi connectivity index (χ0v) is 21.0. The number of hydrogen-bond donors (Lipinski definition) is 1. The minimum atomic E-state index is 0.540. The van der Waals surface area contributed by atoms with E-state index in [9.17, 15) is 0 Å². The molecule has 2 unspecified atom stereocenters. The standard InChI is InChI=1S/C28H29N7O2/c1-3-37-22-11-24(27-23-8-9-29-28(23)32-35(27)17-22)19-5-6-25(30-13-19)33-15-20-10-21(16-33)34(20)14-18-4-7-26(36-2)31-12-18/h4-9,11-13,17,20-21H,3,10,14-16H2,1-2H3,(H,29,32). The van der Waals surface area contributed by atoms with Gasteiger partial charge in [-0.2, -0.15) is 0 Å². The molecule has 3 aliphatic rings. The third-order valence-corrected chi connectivity index (χ3v) is 7.62. The highest BCUT2D eigenvalue weighted by atomic mass is 16.5. The van der Waals surface area contributed by atoms with E-state index in [4.69, 9.17) is 19.6 Å². The van der Waals surface area contributed by atoms with Crippen LogP contribution in [0.15, 0.2) is 61.2 Å². The van der Waals surface area contributed by atoms with Crippen LogP contribution in [0.4, 0.5) is 5.82 Å². The van der Waals surface area contributed by atoms with Crippen LogP contribution < -0.4 is 14.4 Å². The number of piperidine rings is 1. The third kappa shape index (κ3) is 3.77. The van der Waals surface area contributed by atoms with Crippen LogP contribution in [-0.2, 0) is 6.54 Å². The van der Waals surface area contributed by atoms with Crippen molar-refractivity contribution in [1.82, 2.24) is 29.5 Å². The number of ether oxygens (including phenoxy) is 2. The van der Waals surface area contributed by atoms with Gasteiger partial charge in [0, 0.05) is 72.9 Å². The second kappa shape index (κ2) is 8.77. The van der Waals surface area contributed by atoms with E-state index in [1.165, 1.54) is 12.0 Å². The Morgan fingerprint density at radius 1 is 1.05 bits per heavy atom. The molecule has 3 aliphatic heterocycles. The van der Waals surface area contributed by atoms with Gasteiger partial charge in [0.1, 0.15) is 11.6 Å². The van der Waals surface area contributed by atoms with Gasteiger partial charge in [0.2, 0.25) is 5.88 Å². The third-order valence-electron chi connectivity index (χ3n) is 7.62. The predicted molar refractivity (Wildman–Crippen MR) is 142 cm³/mol. The molecule has 188 valence electrons. The number of anilines is 1. The molecular weight excluding hydrogens is 466 g/mol. The summed E-state index contributed by atoms with van der Waals surface area (Å²) in [6.07, 6.45) is 9.01. The maximum atomic E-state index is 5.83. The lowest BCUT2D eigenvalue weighted by Crippen LogP contribution is -2.68. The molecule has 5 aromatic rings. The molecule has 8 rings (SSSR count). The highest BCUT2D eigenvalue weighted by Gasteiger charge is 2.44. The van der Waals surface area contributed by atoms with Crippen molar-refractivity contribution >= 4 is 22.4 Å². The van der Waals surface area contributed by atoms with E-state index in [1.54, 1.807) is 7.11 Å². The van der Waals surface area contributed by atoms with Crippen LogP contribution in [0.3, 0.4) is 0 Å². The van der Waals surface area contributed by atoms with Crippen LogP contribution >= 0.6 is 0 Å². The monoisotopic (exact) mass is 495 g/mol. The number of pyridine rings is 3. The molecule has 37 heavy (non-hydrogen) atoms. The van der Waals surface area contributed by atoms with Gasteiger partial charge in [0.25, 0.3) is 0 Å². The van der Waals surface area contributed by atoms with Crippen LogP contribution in [0.1, 0.15) is 18.9 Å². The minimum Gasteiger partial charge on any atom is -0.492 e. The molecule has 9 nitrogen and oxygen atoms in total. The van der Waals surface area contributed by atoms with Crippen molar-refractivity contribution in [3.63, 3.8) is 0 Å². The molecule has 3 saturated heterocycles. The van der Waals surface area contributed by atoms with Crippen molar-refractivity contribution in [3.8, 4) is 22.8 Å². The zero-order chi connectivity index (χ0) is 24.9. The topological polar surface area (TPSA) is 83.8 Å². The van der Waals surface area contributed by atoms with Crippen molar-refractivity contribution in [2.24, 2.45) is 0 Å². The fourth-order valence-corrected chi connectivity index (χ4v) is 5.81. The SMILES string of the molecule is CCOc1cc(-c2ccc(N3CC4CC(C3)N4Cc3ccc(OC)nc3)nc2)c2c3cc[nH]c3nn2c1. The largest absolute Gasteiger partial charge is 0.492 e. The molecule has 2 atom stereocenters. The number of aromatic nitrogens is 5. The van der Waals surface area contributed by atoms with Crippen LogP contribution in [0.25, 0.3) is 27.7 Å². The molecule has 0 saturated carbocycles. The second-order valence-corrected chi connectivity index (χ2v) is 9.79. The average molecular weight is 496 g/mol. The van der Waals surface area contributed by atoms with Crippen molar-refractivity contribution in [2.75, 3.05) is 31.7 Å². The Kier molecular flexibility index (Phi) is 5.24. The van der Waals surface area contributed by atoms with Gasteiger partial charge in [-0.3, -0.25) is 4.90 Å². The fourth-order valence-electron chi connectivity index (χ4n) is 5.81. The van der Waals surface area contributed by atoms with Crippen LogP contribution in [0, 0.1) is 0 Å². The summed E-state index contributed by atoms with van der Waals surface area (Å²) in [6, 6.07) is 13.6. The molecule has 5 aromatic heterocycles. The smallest absolute Gasteiger partial charge is 0.212 e. The first-order valence-corrected chi connectivity index (χ1v) is 12.8. The summed E-state index contributed by atoms with van der Waals surface area (Å²) in [6.45, 7) is 5.50. The summed E-state index contributed by atoms with van der Waals surface area (Å²) in [7, 11) is 1.65. The highest BCUT2D eigenvalue weighted by molar-refractivity contribution is 6.01. The maximum Gasteiger partial charge on any atom is 0.212 e. The number of methoxy groups -OCH3 is 1. The van der Waals surface area contributed by atoms with Gasteiger partial charge in [-0.05, 0) is 43.2 Å². The molecule has 1 N–H and O–H groups in total. The van der Waals surface area contributed by atoms with E-state index in [2.05, 4.69) is 50.1 Å². The number of fused-ring (bicyclic) bond motifs is 5. The van der Waals surface area contributed by atoms with Gasteiger partial charge in [-0.15, -0.1) is 5.10 Å². The molecule has 8 heterocycles. The molecule has 0 radical (unpaired) electrons. The average Bonchev–Trinajstić information content (AvgIpc) is 3.53. The van der Waals surface area contributed by atoms with Gasteiger partial charge in [-0.1, -0.05) is 6.07 Å². The summed E-state index contributed by atoms with van der Waals surface area (Å²) >= 11 is 0. The highest BCUT2D eigenvalue weighted by Crippen LogP contribution is 2.37. The van der Waals surface area contributed by atoms with Crippen LogP contribution in [-0.4, -0.2) is 68.4 Å². The summed E-state index contributed by atoms with van der Waals surface area (Å²) in [4.78, 5) is 17.5. The zero-order valence-electron chi connectivity index (χ0n) is 21.0. The second-order valence-electron chi connectivity index (χ2n) is 9.79. The Hall–Kier alpha value is -4.11. The lowest BCUT2D eigenvalue weighted by Gasteiger charge is -2.56. The maximum absolute atomic E-state index is 5.83.